The number of carbonyl (C=O) groups is 2. The highest BCUT2D eigenvalue weighted by Crippen LogP contribution is 2.24. The van der Waals surface area contributed by atoms with Gasteiger partial charge < -0.3 is 19.7 Å². The Morgan fingerprint density at radius 3 is 2.81 bits per heavy atom. The Morgan fingerprint density at radius 2 is 2.24 bits per heavy atom. The lowest BCUT2D eigenvalue weighted by Gasteiger charge is -2.24. The normalized spacial score (nSPS) is 23.2. The van der Waals surface area contributed by atoms with Crippen LogP contribution in [0.25, 0.3) is 0 Å². The molecule has 7 heteroatoms. The van der Waals surface area contributed by atoms with E-state index in [4.69, 9.17) is 5.11 Å². The molecule has 0 spiro atoms. The summed E-state index contributed by atoms with van der Waals surface area (Å²) in [5, 5.41) is 18.8. The van der Waals surface area contributed by atoms with Gasteiger partial charge in [0.1, 0.15) is 6.04 Å². The molecule has 0 radical (unpaired) electrons. The zero-order chi connectivity index (χ0) is 15.4. The first-order valence-electron chi connectivity index (χ1n) is 7.20. The van der Waals surface area contributed by atoms with Crippen molar-refractivity contribution in [2.24, 2.45) is 0 Å². The van der Waals surface area contributed by atoms with Crippen molar-refractivity contribution in [2.45, 2.75) is 50.8 Å². The van der Waals surface area contributed by atoms with E-state index in [0.29, 0.717) is 0 Å². The van der Waals surface area contributed by atoms with Gasteiger partial charge in [-0.3, -0.25) is 4.79 Å². The van der Waals surface area contributed by atoms with Gasteiger partial charge in [0.2, 0.25) is 5.91 Å². The Morgan fingerprint density at radius 1 is 1.48 bits per heavy atom. The summed E-state index contributed by atoms with van der Waals surface area (Å²) >= 11 is 0. The lowest BCUT2D eigenvalue weighted by atomic mass is 10.1. The number of aliphatic hydroxyl groups excluding tert-OH is 1. The number of likely N-dealkylation sites (tertiary alicyclic amines) is 1. The van der Waals surface area contributed by atoms with Crippen molar-refractivity contribution in [3.63, 3.8) is 0 Å². The van der Waals surface area contributed by atoms with Crippen molar-refractivity contribution in [3.05, 3.63) is 18.7 Å². The number of aliphatic carboxylic acids is 1. The summed E-state index contributed by atoms with van der Waals surface area (Å²) in [5.74, 6) is -1.29. The van der Waals surface area contributed by atoms with Gasteiger partial charge in [0.15, 0.2) is 0 Å². The molecule has 1 aromatic heterocycles. The van der Waals surface area contributed by atoms with E-state index in [9.17, 15) is 14.7 Å². The quantitative estimate of drug-likeness (QED) is 0.804. The highest BCUT2D eigenvalue weighted by molar-refractivity contribution is 5.84. The van der Waals surface area contributed by atoms with Crippen molar-refractivity contribution >= 4 is 11.9 Å². The maximum atomic E-state index is 12.4. The molecule has 0 bridgehead atoms. The van der Waals surface area contributed by atoms with E-state index >= 15 is 0 Å². The van der Waals surface area contributed by atoms with Gasteiger partial charge >= 0.3 is 5.97 Å². The van der Waals surface area contributed by atoms with E-state index in [1.165, 1.54) is 4.90 Å². The second kappa shape index (κ2) is 6.71. The molecule has 1 saturated heterocycles. The summed E-state index contributed by atoms with van der Waals surface area (Å²) in [6.07, 6.45) is 6.44. The number of carboxylic acids is 1. The number of β-amino-alcohol motifs (C(OH)–C–C–N with tert-alkyl or cyclic N) is 1. The molecule has 1 aromatic rings. The molecule has 1 aliphatic rings. The van der Waals surface area contributed by atoms with Crippen LogP contribution in [0.1, 0.15) is 38.6 Å². The minimum absolute atomic E-state index is 0.0304. The number of rotatable bonds is 6. The SMILES string of the molecule is CCCC(CC(=O)N1CC(O)C[C@H]1C(=O)O)n1ccnc1. The fraction of sp³-hybridized carbons (Fsp3) is 0.643. The number of aliphatic hydroxyl groups is 1. The molecule has 2 rings (SSSR count). The van der Waals surface area contributed by atoms with Crippen LogP contribution in [0.4, 0.5) is 0 Å². The third kappa shape index (κ3) is 3.60. The molecule has 1 fully saturated rings. The van der Waals surface area contributed by atoms with Crippen LogP contribution in [0.15, 0.2) is 18.7 Å². The topological polar surface area (TPSA) is 95.7 Å². The van der Waals surface area contributed by atoms with Crippen molar-refractivity contribution < 1.29 is 19.8 Å². The van der Waals surface area contributed by atoms with Crippen LogP contribution in [0.3, 0.4) is 0 Å². The highest BCUT2D eigenvalue weighted by Gasteiger charge is 2.39. The summed E-state index contributed by atoms with van der Waals surface area (Å²) in [6.45, 7) is 2.13. The second-order valence-electron chi connectivity index (χ2n) is 5.45. The molecule has 0 saturated carbocycles. The van der Waals surface area contributed by atoms with Crippen LogP contribution in [0, 0.1) is 0 Å². The predicted molar refractivity (Wildman–Crippen MR) is 74.5 cm³/mol. The summed E-state index contributed by atoms with van der Waals surface area (Å²) in [4.78, 5) is 28.9. The van der Waals surface area contributed by atoms with Crippen LogP contribution in [-0.2, 0) is 9.59 Å². The molecular weight excluding hydrogens is 274 g/mol. The summed E-state index contributed by atoms with van der Waals surface area (Å²) in [7, 11) is 0. The number of amides is 1. The highest BCUT2D eigenvalue weighted by atomic mass is 16.4. The van der Waals surface area contributed by atoms with Gasteiger partial charge in [0, 0.05) is 37.8 Å². The van der Waals surface area contributed by atoms with Gasteiger partial charge in [-0.25, -0.2) is 9.78 Å². The van der Waals surface area contributed by atoms with Crippen molar-refractivity contribution in [1.29, 1.82) is 0 Å². The molecule has 2 unspecified atom stereocenters. The number of nitrogens with zero attached hydrogens (tertiary/aromatic N) is 3. The maximum absolute atomic E-state index is 12.4. The molecule has 7 nitrogen and oxygen atoms in total. The molecule has 3 atom stereocenters. The lowest BCUT2D eigenvalue weighted by molar-refractivity contribution is -0.148. The Kier molecular flexibility index (Phi) is 4.95. The minimum atomic E-state index is -1.06. The van der Waals surface area contributed by atoms with Crippen LogP contribution in [-0.4, -0.2) is 55.2 Å². The van der Waals surface area contributed by atoms with Crippen molar-refractivity contribution in [3.8, 4) is 0 Å². The molecule has 21 heavy (non-hydrogen) atoms. The fourth-order valence-corrected chi connectivity index (χ4v) is 2.82. The number of carboxylic acid groups (broad SMARTS) is 1. The number of hydrogen-bond acceptors (Lipinski definition) is 4. The van der Waals surface area contributed by atoms with E-state index in [2.05, 4.69) is 4.98 Å². The lowest BCUT2D eigenvalue weighted by Crippen LogP contribution is -2.41. The number of hydrogen-bond donors (Lipinski definition) is 2. The zero-order valence-corrected chi connectivity index (χ0v) is 12.1. The van der Waals surface area contributed by atoms with Gasteiger partial charge in [-0.1, -0.05) is 13.3 Å². The van der Waals surface area contributed by atoms with E-state index in [1.54, 1.807) is 18.7 Å². The number of aromatic nitrogens is 2. The summed E-state index contributed by atoms with van der Waals surface area (Å²) in [6, 6.07) is -0.949. The maximum Gasteiger partial charge on any atom is 0.326 e. The van der Waals surface area contributed by atoms with Gasteiger partial charge in [0.05, 0.1) is 12.4 Å². The molecule has 1 aliphatic heterocycles. The van der Waals surface area contributed by atoms with Gasteiger partial charge in [-0.2, -0.15) is 0 Å². The molecule has 0 aliphatic carbocycles. The smallest absolute Gasteiger partial charge is 0.326 e. The van der Waals surface area contributed by atoms with E-state index in [-0.39, 0.29) is 31.3 Å². The Labute approximate surface area is 123 Å². The first kappa shape index (κ1) is 15.5. The molecule has 2 N–H and O–H groups in total. The standard InChI is InChI=1S/C14H21N3O4/c1-2-3-10(16-5-4-15-9-16)6-13(19)17-8-11(18)7-12(17)14(20)21/h4-5,9-12,18H,2-3,6-8H2,1H3,(H,20,21)/t10?,11?,12-/m0/s1. The first-order valence-corrected chi connectivity index (χ1v) is 7.20. The van der Waals surface area contributed by atoms with Gasteiger partial charge in [0.25, 0.3) is 0 Å². The minimum Gasteiger partial charge on any atom is -0.480 e. The molecule has 0 aromatic carbocycles. The largest absolute Gasteiger partial charge is 0.480 e. The van der Waals surface area contributed by atoms with Gasteiger partial charge in [-0.05, 0) is 6.42 Å². The molecule has 116 valence electrons. The molecule has 1 amide bonds. The third-order valence-corrected chi connectivity index (χ3v) is 3.86. The number of imidazole rings is 1. The first-order chi connectivity index (χ1) is 10.0. The second-order valence-corrected chi connectivity index (χ2v) is 5.45. The van der Waals surface area contributed by atoms with Crippen molar-refractivity contribution in [2.75, 3.05) is 6.54 Å². The summed E-state index contributed by atoms with van der Waals surface area (Å²) in [5.41, 5.74) is 0. The van der Waals surface area contributed by atoms with E-state index in [1.807, 2.05) is 11.5 Å². The third-order valence-electron chi connectivity index (χ3n) is 3.86. The van der Waals surface area contributed by atoms with Crippen molar-refractivity contribution in [1.82, 2.24) is 14.5 Å². The van der Waals surface area contributed by atoms with Gasteiger partial charge in [-0.15, -0.1) is 0 Å². The van der Waals surface area contributed by atoms with Crippen LogP contribution >= 0.6 is 0 Å². The van der Waals surface area contributed by atoms with E-state index in [0.717, 1.165) is 12.8 Å². The number of carbonyl (C=O) groups excluding carboxylic acids is 1. The predicted octanol–water partition coefficient (Wildman–Crippen LogP) is 0.661. The van der Waals surface area contributed by atoms with Crippen LogP contribution < -0.4 is 0 Å². The zero-order valence-electron chi connectivity index (χ0n) is 12.1. The molecular formula is C14H21N3O4. The average Bonchev–Trinajstić information content (AvgIpc) is 3.06. The Hall–Kier alpha value is -1.89. The van der Waals surface area contributed by atoms with E-state index < -0.39 is 18.1 Å². The Bertz CT molecular complexity index is 488. The summed E-state index contributed by atoms with van der Waals surface area (Å²) < 4.78 is 1.88. The fourth-order valence-electron chi connectivity index (χ4n) is 2.82. The van der Waals surface area contributed by atoms with Crippen LogP contribution in [0.5, 0.6) is 0 Å². The Balaban J connectivity index is 2.06. The average molecular weight is 295 g/mol. The van der Waals surface area contributed by atoms with Crippen LogP contribution in [0.2, 0.25) is 0 Å². The monoisotopic (exact) mass is 295 g/mol. The molecule has 2 heterocycles.